The molecule has 13 rings (SSSR count). The number of imidazole rings is 1. The predicted octanol–water partition coefficient (Wildman–Crippen LogP) is 18.4. The van der Waals surface area contributed by atoms with E-state index in [0.717, 1.165) is 88.3 Å². The van der Waals surface area contributed by atoms with E-state index in [2.05, 4.69) is 166 Å². The average Bonchev–Trinajstić information content (AvgIpc) is 4.28. The quantitative estimate of drug-likeness (QED) is 0.123. The van der Waals surface area contributed by atoms with Crippen molar-refractivity contribution in [3.63, 3.8) is 0 Å². The topological polar surface area (TPSA) is 69.9 Å². The van der Waals surface area contributed by atoms with E-state index in [4.69, 9.17) is 22.0 Å². The van der Waals surface area contributed by atoms with Gasteiger partial charge < -0.3 is 18.4 Å². The Balaban J connectivity index is 0.000000273. The van der Waals surface area contributed by atoms with Gasteiger partial charge in [-0.3, -0.25) is 4.98 Å². The van der Waals surface area contributed by atoms with Gasteiger partial charge in [0.05, 0.1) is 33.2 Å². The first-order chi connectivity index (χ1) is 37.7. The second-order valence-electron chi connectivity index (χ2n) is 20.6. The van der Waals surface area contributed by atoms with Crippen molar-refractivity contribution < 1.29 is 37.2 Å². The van der Waals surface area contributed by atoms with Gasteiger partial charge in [0.15, 0.2) is 0 Å². The molecule has 74 heavy (non-hydrogen) atoms. The number of fused-ring (bicyclic) bond motifs is 11. The summed E-state index contributed by atoms with van der Waals surface area (Å²) in [6, 6.07) is 59.2. The van der Waals surface area contributed by atoms with Gasteiger partial charge in [0.25, 0.3) is 0 Å². The number of aromatic nitrogens is 4. The Morgan fingerprint density at radius 1 is 0.622 bits per heavy atom. The van der Waals surface area contributed by atoms with Crippen LogP contribution in [0.25, 0.3) is 116 Å². The third-order valence-corrected chi connectivity index (χ3v) is 14.1. The smallest absolute Gasteiger partial charge is 0.227 e. The van der Waals surface area contributed by atoms with E-state index < -0.39 is 13.7 Å². The van der Waals surface area contributed by atoms with E-state index in [1.54, 1.807) is 24.4 Å². The molecule has 5 heterocycles. The van der Waals surface area contributed by atoms with E-state index in [1.807, 2.05) is 42.5 Å². The van der Waals surface area contributed by atoms with Crippen LogP contribution in [0.3, 0.4) is 0 Å². The molecule has 0 N–H and O–H groups in total. The molecule has 0 aliphatic rings. The number of furan rings is 2. The molecule has 0 spiro atoms. The maximum absolute atomic E-state index is 8.05. The van der Waals surface area contributed by atoms with E-state index in [9.17, 15) is 0 Å². The van der Waals surface area contributed by atoms with Crippen molar-refractivity contribution in [3.05, 3.63) is 204 Å². The Hall–Kier alpha value is -7.70. The second-order valence-corrected chi connectivity index (χ2v) is 20.6. The van der Waals surface area contributed by atoms with Gasteiger partial charge in [0.1, 0.15) is 11.2 Å². The van der Waals surface area contributed by atoms with Crippen LogP contribution < -0.4 is 0 Å². The van der Waals surface area contributed by atoms with Gasteiger partial charge in [0.2, 0.25) is 5.71 Å². The Kier molecular flexibility index (Phi) is 10.7. The molecule has 0 atom stereocenters. The van der Waals surface area contributed by atoms with Gasteiger partial charge in [-0.1, -0.05) is 139 Å². The summed E-state index contributed by atoms with van der Waals surface area (Å²) in [4.78, 5) is 14.3. The summed E-state index contributed by atoms with van der Waals surface area (Å²) in [7, 11) is 0. The van der Waals surface area contributed by atoms with Crippen molar-refractivity contribution in [1.29, 1.82) is 0 Å². The Morgan fingerprint density at radius 3 is 2.15 bits per heavy atom. The molecule has 0 fully saturated rings. The summed E-state index contributed by atoms with van der Waals surface area (Å²) in [5.41, 5.74) is 13.5. The number of nitrogens with zero attached hydrogens (tertiary/aromatic N) is 4. The molecule has 0 aliphatic carbocycles. The van der Waals surface area contributed by atoms with Gasteiger partial charge in [-0.05, 0) is 134 Å². The average molecular weight is 1150 g/mol. The third kappa shape index (κ3) is 8.48. The van der Waals surface area contributed by atoms with Crippen molar-refractivity contribution in [2.45, 2.75) is 79.4 Å². The minimum Gasteiger partial charge on any atom is -0.501 e. The molecule has 0 saturated carbocycles. The van der Waals surface area contributed by atoms with Gasteiger partial charge in [-0.2, -0.15) is 0 Å². The largest absolute Gasteiger partial charge is 0.501 e. The Bertz CT molecular complexity index is 4480. The zero-order valence-electron chi connectivity index (χ0n) is 48.2. The van der Waals surface area contributed by atoms with Crippen LogP contribution in [0.15, 0.2) is 173 Å². The zero-order valence-corrected chi connectivity index (χ0v) is 44.6. The van der Waals surface area contributed by atoms with Gasteiger partial charge in [0, 0.05) is 51.3 Å². The molecule has 0 bridgehead atoms. The van der Waals surface area contributed by atoms with Crippen LogP contribution in [-0.4, -0.2) is 19.5 Å². The first-order valence-electron chi connectivity index (χ1n) is 27.9. The van der Waals surface area contributed by atoms with Crippen molar-refractivity contribution in [1.82, 2.24) is 19.5 Å². The number of rotatable bonds is 6. The van der Waals surface area contributed by atoms with Crippen molar-refractivity contribution in [2.24, 2.45) is 0 Å². The number of benzene rings is 8. The van der Waals surface area contributed by atoms with Crippen LogP contribution in [0.4, 0.5) is 0 Å². The molecule has 13 aromatic rings. The fourth-order valence-electron chi connectivity index (χ4n) is 10.3. The van der Waals surface area contributed by atoms with Gasteiger partial charge in [-0.25, -0.2) is 4.98 Å². The second kappa shape index (κ2) is 19.0. The number of aryl methyl sites for hydroxylation is 2. The van der Waals surface area contributed by atoms with Crippen molar-refractivity contribution in [3.8, 4) is 39.5 Å². The summed E-state index contributed by atoms with van der Waals surface area (Å²) >= 11 is 0. The molecule has 6 nitrogen and oxygen atoms in total. The predicted molar refractivity (Wildman–Crippen MR) is 303 cm³/mol. The standard InChI is InChI=1S/C51H38N3O2.C16H18N.Ir/c1-28(2)39-25-34(31-12-7-6-8-13-31)26-40(29(3)4)47(39)54-48-43(22-23-44-46(48)37-21-18-30(5)52-51(37)56-44)53-50(54)38-17-11-16-36-42-24-33-20-19-32-14-9-10-15-35(32)41(33)27-45(42)55-49(36)38;1-12-5-7-13(8-6-12)15-11-14(9-10-17-15)16(2,3)4;/h6-16,18-29H,1-5H3;5-7,9-11H,1-4H3;/q2*-1;/i5D3;1D3;. The summed E-state index contributed by atoms with van der Waals surface area (Å²) in [5, 5.41) is 8.18. The molecule has 8 aromatic carbocycles. The van der Waals surface area contributed by atoms with Crippen LogP contribution in [-0.2, 0) is 25.5 Å². The monoisotopic (exact) mass is 1150 g/mol. The van der Waals surface area contributed by atoms with Crippen molar-refractivity contribution in [2.75, 3.05) is 0 Å². The summed E-state index contributed by atoms with van der Waals surface area (Å²) in [5.74, 6) is 0.951. The minimum atomic E-state index is -2.38. The fourth-order valence-corrected chi connectivity index (χ4v) is 10.3. The van der Waals surface area contributed by atoms with E-state index >= 15 is 0 Å². The minimum absolute atomic E-state index is 0. The molecular weight excluding hydrogens is 1080 g/mol. The maximum Gasteiger partial charge on any atom is 0.227 e. The van der Waals surface area contributed by atoms with Crippen molar-refractivity contribution >= 4 is 76.6 Å². The summed E-state index contributed by atoms with van der Waals surface area (Å²) in [6.45, 7) is 10.9. The Morgan fingerprint density at radius 2 is 1.41 bits per heavy atom. The van der Waals surface area contributed by atoms with E-state index in [-0.39, 0.29) is 48.8 Å². The first-order valence-corrected chi connectivity index (χ1v) is 24.9. The molecular formula is C67H56IrN4O2-2. The normalized spacial score (nSPS) is 13.5. The summed E-state index contributed by atoms with van der Waals surface area (Å²) in [6.07, 6.45) is 1.78. The number of pyridine rings is 2. The molecule has 0 saturated heterocycles. The van der Waals surface area contributed by atoms with Crippen LogP contribution >= 0.6 is 0 Å². The molecule has 1 radical (unpaired) electrons. The maximum atomic E-state index is 8.05. The molecule has 0 unspecified atom stereocenters. The first kappa shape index (κ1) is 41.7. The van der Waals surface area contributed by atoms with Gasteiger partial charge in [-0.15, -0.1) is 53.6 Å². The third-order valence-electron chi connectivity index (χ3n) is 14.1. The zero-order chi connectivity index (χ0) is 55.3. The van der Waals surface area contributed by atoms with Crippen LogP contribution in [0.5, 0.6) is 0 Å². The van der Waals surface area contributed by atoms with Crippen LogP contribution in [0.2, 0.25) is 0 Å². The molecule has 5 aromatic heterocycles. The number of hydrogen-bond acceptors (Lipinski definition) is 5. The van der Waals surface area contributed by atoms with E-state index in [1.165, 1.54) is 22.4 Å². The van der Waals surface area contributed by atoms with Crippen LogP contribution in [0.1, 0.15) is 96.5 Å². The molecule has 0 amide bonds. The van der Waals surface area contributed by atoms with Gasteiger partial charge >= 0.3 is 0 Å². The van der Waals surface area contributed by atoms with Crippen LogP contribution in [0, 0.1) is 25.8 Å². The summed E-state index contributed by atoms with van der Waals surface area (Å²) < 4.78 is 61.8. The number of hydrogen-bond donors (Lipinski definition) is 0. The fraction of sp³-hybridized carbons (Fsp3) is 0.179. The SMILES string of the molecule is [2H]C([2H])([2H])c1c[c-]c(-c2cc(C(C)(C)C)ccn2)cc1.[2H]C([2H])([2H])c1ccc2c(n1)oc1ccc3nc(-c4[c-]ccc5c4oc4cc6c(ccc7ccccc76)cc45)n(-c4c(C(C)C)cc(-c5ccccc5)cc4C(C)C)c3c12.[Ir]. The molecule has 7 heteroatoms. The molecule has 367 valence electrons. The molecule has 0 aliphatic heterocycles. The Labute approximate surface area is 453 Å². The van der Waals surface area contributed by atoms with E-state index in [0.29, 0.717) is 27.9 Å².